The molecule has 0 fully saturated rings. The van der Waals surface area contributed by atoms with Crippen molar-refractivity contribution in [3.05, 3.63) is 72.3 Å². The summed E-state index contributed by atoms with van der Waals surface area (Å²) in [6, 6.07) is 15.4. The highest BCUT2D eigenvalue weighted by atomic mass is 32.2. The Bertz CT molecular complexity index is 1040. The topological polar surface area (TPSA) is 76.0 Å². The fourth-order valence-corrected chi connectivity index (χ4v) is 4.09. The summed E-state index contributed by atoms with van der Waals surface area (Å²) in [5, 5.41) is 5.49. The smallest absolute Gasteiger partial charge is 0.237 e. The van der Waals surface area contributed by atoms with Crippen LogP contribution >= 0.6 is 11.8 Å². The van der Waals surface area contributed by atoms with E-state index in [-0.39, 0.29) is 17.1 Å². The average Bonchev–Trinajstić information content (AvgIpc) is 3.17. The zero-order chi connectivity index (χ0) is 22.4. The van der Waals surface area contributed by atoms with Crippen LogP contribution in [0.1, 0.15) is 45.0 Å². The molecule has 0 spiro atoms. The highest BCUT2D eigenvalue weighted by molar-refractivity contribution is 8.00. The number of amides is 2. The van der Waals surface area contributed by atoms with Gasteiger partial charge in [-0.05, 0) is 48.9 Å². The van der Waals surface area contributed by atoms with Crippen molar-refractivity contribution in [2.24, 2.45) is 0 Å². The lowest BCUT2D eigenvalue weighted by Gasteiger charge is -2.14. The molecule has 0 saturated carbocycles. The van der Waals surface area contributed by atoms with Crippen LogP contribution in [0, 0.1) is 0 Å². The van der Waals surface area contributed by atoms with E-state index in [4.69, 9.17) is 0 Å². The van der Waals surface area contributed by atoms with Crippen LogP contribution in [0.2, 0.25) is 0 Å². The van der Waals surface area contributed by atoms with Gasteiger partial charge in [-0.1, -0.05) is 26.0 Å². The number of nitrogens with zero attached hydrogens (tertiary/aromatic N) is 2. The summed E-state index contributed by atoms with van der Waals surface area (Å²) >= 11 is 1.47. The molecule has 3 rings (SSSR count). The van der Waals surface area contributed by atoms with Gasteiger partial charge in [-0.3, -0.25) is 9.59 Å². The predicted molar refractivity (Wildman–Crippen MR) is 127 cm³/mol. The molecule has 2 aromatic carbocycles. The van der Waals surface area contributed by atoms with Gasteiger partial charge >= 0.3 is 0 Å². The Kier molecular flexibility index (Phi) is 7.52. The number of imidazole rings is 1. The van der Waals surface area contributed by atoms with Gasteiger partial charge in [0.25, 0.3) is 0 Å². The molecule has 31 heavy (non-hydrogen) atoms. The third-order valence-corrected chi connectivity index (χ3v) is 5.78. The van der Waals surface area contributed by atoms with Gasteiger partial charge in [0.2, 0.25) is 11.8 Å². The summed E-state index contributed by atoms with van der Waals surface area (Å²) in [5.41, 5.74) is 2.62. The molecule has 0 bridgehead atoms. The molecule has 3 aromatic rings. The maximum atomic E-state index is 12.7. The first-order chi connectivity index (χ1) is 14.8. The fraction of sp³-hybridized carbons (Fsp3) is 0.292. The van der Waals surface area contributed by atoms with Gasteiger partial charge in [0.15, 0.2) is 0 Å². The van der Waals surface area contributed by atoms with E-state index in [0.717, 1.165) is 27.7 Å². The third-order valence-electron chi connectivity index (χ3n) is 4.67. The van der Waals surface area contributed by atoms with Gasteiger partial charge in [0.05, 0.1) is 5.25 Å². The highest BCUT2D eigenvalue weighted by Crippen LogP contribution is 2.26. The molecule has 6 nitrogen and oxygen atoms in total. The number of carbonyl (C=O) groups excluding carboxylic acids is 2. The van der Waals surface area contributed by atoms with Crippen LogP contribution in [-0.4, -0.2) is 26.6 Å². The largest absolute Gasteiger partial charge is 0.330 e. The van der Waals surface area contributed by atoms with Crippen molar-refractivity contribution in [3.63, 3.8) is 0 Å². The van der Waals surface area contributed by atoms with Gasteiger partial charge in [-0.2, -0.15) is 0 Å². The van der Waals surface area contributed by atoms with Crippen LogP contribution in [-0.2, 0) is 16.1 Å². The van der Waals surface area contributed by atoms with Crippen molar-refractivity contribution in [3.8, 4) is 0 Å². The number of hydrogen-bond donors (Lipinski definition) is 2. The zero-order valence-corrected chi connectivity index (χ0v) is 19.1. The Labute approximate surface area is 187 Å². The molecule has 1 heterocycles. The van der Waals surface area contributed by atoms with Crippen molar-refractivity contribution in [2.45, 2.75) is 50.3 Å². The van der Waals surface area contributed by atoms with E-state index in [9.17, 15) is 9.59 Å². The summed E-state index contributed by atoms with van der Waals surface area (Å²) in [7, 11) is 0. The summed E-state index contributed by atoms with van der Waals surface area (Å²) in [6.45, 7) is 8.32. The predicted octanol–water partition coefficient (Wildman–Crippen LogP) is 5.13. The zero-order valence-electron chi connectivity index (χ0n) is 18.3. The van der Waals surface area contributed by atoms with E-state index in [1.54, 1.807) is 0 Å². The van der Waals surface area contributed by atoms with Gasteiger partial charge < -0.3 is 15.2 Å². The molecule has 162 valence electrons. The Hall–Kier alpha value is -3.06. The first-order valence-corrected chi connectivity index (χ1v) is 11.1. The number of carbonyl (C=O) groups is 2. The Morgan fingerprint density at radius 3 is 2.45 bits per heavy atom. The maximum absolute atomic E-state index is 12.7. The summed E-state index contributed by atoms with van der Waals surface area (Å²) in [6.07, 6.45) is 3.80. The lowest BCUT2D eigenvalue weighted by atomic mass is 10.1. The van der Waals surface area contributed by atoms with E-state index in [0.29, 0.717) is 12.5 Å². The maximum Gasteiger partial charge on any atom is 0.237 e. The summed E-state index contributed by atoms with van der Waals surface area (Å²) < 4.78 is 2.13. The first-order valence-electron chi connectivity index (χ1n) is 10.3. The fourth-order valence-electron chi connectivity index (χ4n) is 3.22. The molecule has 1 atom stereocenters. The SMILES string of the molecule is CC(=O)Nc1ccc(SC(C)C(=O)Nc2cccc(Cn3ccnc3C(C)C)c2)cc1. The molecule has 2 N–H and O–H groups in total. The number of anilines is 2. The molecular formula is C24H28N4O2S. The molecule has 0 aliphatic heterocycles. The van der Waals surface area contributed by atoms with Gasteiger partial charge in [-0.15, -0.1) is 11.8 Å². The Morgan fingerprint density at radius 2 is 1.77 bits per heavy atom. The van der Waals surface area contributed by atoms with E-state index in [2.05, 4.69) is 40.1 Å². The summed E-state index contributed by atoms with van der Waals surface area (Å²) in [4.78, 5) is 29.2. The lowest BCUT2D eigenvalue weighted by Crippen LogP contribution is -2.22. The van der Waals surface area contributed by atoms with E-state index in [1.807, 2.05) is 61.8 Å². The van der Waals surface area contributed by atoms with Crippen LogP contribution in [0.15, 0.2) is 65.8 Å². The number of rotatable bonds is 8. The van der Waals surface area contributed by atoms with Crippen molar-refractivity contribution in [1.29, 1.82) is 0 Å². The average molecular weight is 437 g/mol. The Balaban J connectivity index is 1.60. The molecule has 0 aliphatic carbocycles. The molecule has 1 aromatic heterocycles. The molecule has 1 unspecified atom stereocenters. The second-order valence-corrected chi connectivity index (χ2v) is 9.14. The minimum Gasteiger partial charge on any atom is -0.330 e. The van der Waals surface area contributed by atoms with Gasteiger partial charge in [0.1, 0.15) is 5.82 Å². The second kappa shape index (κ2) is 10.3. The molecule has 0 radical (unpaired) electrons. The molecule has 0 aliphatic rings. The highest BCUT2D eigenvalue weighted by Gasteiger charge is 2.15. The number of aromatic nitrogens is 2. The van der Waals surface area contributed by atoms with Crippen molar-refractivity contribution >= 4 is 35.0 Å². The van der Waals surface area contributed by atoms with Gasteiger partial charge in [-0.25, -0.2) is 4.98 Å². The molecular weight excluding hydrogens is 408 g/mol. The first kappa shape index (κ1) is 22.6. The number of benzene rings is 2. The number of nitrogens with one attached hydrogen (secondary N) is 2. The summed E-state index contributed by atoms with van der Waals surface area (Å²) in [5.74, 6) is 1.23. The van der Waals surface area contributed by atoms with Gasteiger partial charge in [0, 0.05) is 48.1 Å². The Morgan fingerprint density at radius 1 is 1.03 bits per heavy atom. The third kappa shape index (κ3) is 6.46. The van der Waals surface area contributed by atoms with Crippen LogP contribution in [0.3, 0.4) is 0 Å². The van der Waals surface area contributed by atoms with Crippen LogP contribution in [0.25, 0.3) is 0 Å². The number of hydrogen-bond acceptors (Lipinski definition) is 4. The quantitative estimate of drug-likeness (QED) is 0.480. The standard InChI is InChI=1S/C24H28N4O2S/c1-16(2)23-25-12-13-28(23)15-19-6-5-7-21(14-19)27-24(30)17(3)31-22-10-8-20(9-11-22)26-18(4)29/h5-14,16-17H,15H2,1-4H3,(H,26,29)(H,27,30). The molecule has 2 amide bonds. The molecule has 7 heteroatoms. The van der Waals surface area contributed by atoms with Crippen LogP contribution < -0.4 is 10.6 Å². The van der Waals surface area contributed by atoms with Crippen molar-refractivity contribution in [2.75, 3.05) is 10.6 Å². The number of thioether (sulfide) groups is 1. The minimum absolute atomic E-state index is 0.0569. The van der Waals surface area contributed by atoms with Crippen LogP contribution in [0.5, 0.6) is 0 Å². The molecule has 0 saturated heterocycles. The second-order valence-electron chi connectivity index (χ2n) is 7.72. The van der Waals surface area contributed by atoms with Crippen molar-refractivity contribution < 1.29 is 9.59 Å². The monoisotopic (exact) mass is 436 g/mol. The van der Waals surface area contributed by atoms with E-state index in [1.165, 1.54) is 18.7 Å². The van der Waals surface area contributed by atoms with Crippen LogP contribution in [0.4, 0.5) is 11.4 Å². The lowest BCUT2D eigenvalue weighted by molar-refractivity contribution is -0.115. The van der Waals surface area contributed by atoms with Crippen molar-refractivity contribution in [1.82, 2.24) is 9.55 Å². The normalized spacial score (nSPS) is 11.9. The van der Waals surface area contributed by atoms with E-state index >= 15 is 0 Å². The van der Waals surface area contributed by atoms with E-state index < -0.39 is 0 Å². The minimum atomic E-state index is -0.267.